The first-order valence-electron chi connectivity index (χ1n) is 5.06. The van der Waals surface area contributed by atoms with Gasteiger partial charge >= 0.3 is 0 Å². The first-order valence-corrected chi connectivity index (χ1v) is 5.06. The molecule has 0 fully saturated rings. The van der Waals surface area contributed by atoms with E-state index in [1.165, 1.54) is 0 Å². The van der Waals surface area contributed by atoms with E-state index in [9.17, 15) is 4.79 Å². The number of pyridine rings is 1. The minimum Gasteiger partial charge on any atom is -0.394 e. The first kappa shape index (κ1) is 8.97. The number of nitrogens with two attached hydrogens (primary N) is 1. The fourth-order valence-corrected chi connectivity index (χ4v) is 1.98. The maximum atomic E-state index is 11.4. The van der Waals surface area contributed by atoms with E-state index in [0.29, 0.717) is 0 Å². The number of aromatic amines is 1. The highest BCUT2D eigenvalue weighted by atomic mass is 16.1. The predicted molar refractivity (Wildman–Crippen MR) is 66.5 cm³/mol. The summed E-state index contributed by atoms with van der Waals surface area (Å²) in [7, 11) is 0. The highest BCUT2D eigenvalue weighted by Gasteiger charge is 2.02. The van der Waals surface area contributed by atoms with Gasteiger partial charge in [-0.05, 0) is 22.9 Å². The summed E-state index contributed by atoms with van der Waals surface area (Å²) >= 11 is 0. The molecule has 2 aromatic carbocycles. The van der Waals surface area contributed by atoms with Crippen molar-refractivity contribution in [2.75, 3.05) is 5.73 Å². The molecule has 0 aliphatic carbocycles. The van der Waals surface area contributed by atoms with Gasteiger partial charge in [0.2, 0.25) is 0 Å². The second kappa shape index (κ2) is 3.10. The molecule has 1 aromatic heterocycles. The quantitative estimate of drug-likeness (QED) is 0.559. The van der Waals surface area contributed by atoms with E-state index < -0.39 is 0 Å². The molecule has 0 unspecified atom stereocenters. The Hall–Kier alpha value is -2.29. The number of benzene rings is 2. The number of hydrogen-bond acceptors (Lipinski definition) is 2. The Kier molecular flexibility index (Phi) is 1.74. The molecule has 0 aliphatic rings. The van der Waals surface area contributed by atoms with Gasteiger partial charge in [-0.2, -0.15) is 0 Å². The van der Waals surface area contributed by atoms with Gasteiger partial charge in [-0.3, -0.25) is 4.79 Å². The lowest BCUT2D eigenvalue weighted by molar-refractivity contribution is 1.31. The van der Waals surface area contributed by atoms with Crippen LogP contribution in [0.4, 0.5) is 5.69 Å². The molecule has 3 heteroatoms. The largest absolute Gasteiger partial charge is 0.394 e. The van der Waals surface area contributed by atoms with E-state index in [4.69, 9.17) is 5.73 Å². The van der Waals surface area contributed by atoms with Crippen LogP contribution in [-0.4, -0.2) is 4.98 Å². The molecular formula is C13H10N2O. The fourth-order valence-electron chi connectivity index (χ4n) is 1.98. The van der Waals surface area contributed by atoms with Crippen molar-refractivity contribution in [3.8, 4) is 0 Å². The molecule has 0 atom stereocenters. The summed E-state index contributed by atoms with van der Waals surface area (Å²) in [6, 6.07) is 13.6. The second-order valence-corrected chi connectivity index (χ2v) is 3.80. The predicted octanol–water partition coefficient (Wildman–Crippen LogP) is 2.26. The number of aromatic nitrogens is 1. The number of rotatable bonds is 0. The summed E-state index contributed by atoms with van der Waals surface area (Å²) in [4.78, 5) is 14.2. The molecule has 0 aliphatic heterocycles. The minimum absolute atomic E-state index is 0.234. The van der Waals surface area contributed by atoms with Crippen molar-refractivity contribution in [2.24, 2.45) is 0 Å². The number of hydrogen-bond donors (Lipinski definition) is 2. The Morgan fingerprint density at radius 3 is 2.69 bits per heavy atom. The zero-order valence-electron chi connectivity index (χ0n) is 8.53. The summed E-state index contributed by atoms with van der Waals surface area (Å²) in [6.45, 7) is 0. The number of fused-ring (bicyclic) bond motifs is 3. The molecule has 0 saturated heterocycles. The molecule has 16 heavy (non-hydrogen) atoms. The molecule has 0 bridgehead atoms. The van der Waals surface area contributed by atoms with Crippen LogP contribution in [0.3, 0.4) is 0 Å². The van der Waals surface area contributed by atoms with Crippen molar-refractivity contribution in [1.82, 2.24) is 4.98 Å². The van der Waals surface area contributed by atoms with Crippen LogP contribution >= 0.6 is 0 Å². The van der Waals surface area contributed by atoms with Gasteiger partial charge in [0.1, 0.15) is 0 Å². The van der Waals surface area contributed by atoms with Gasteiger partial charge in [-0.25, -0.2) is 0 Å². The third kappa shape index (κ3) is 1.18. The van der Waals surface area contributed by atoms with Crippen molar-refractivity contribution in [3.05, 3.63) is 52.8 Å². The Bertz CT molecular complexity index is 744. The maximum Gasteiger partial charge on any atom is 0.271 e. The monoisotopic (exact) mass is 210 g/mol. The van der Waals surface area contributed by atoms with Crippen molar-refractivity contribution in [3.63, 3.8) is 0 Å². The van der Waals surface area contributed by atoms with Gasteiger partial charge in [0, 0.05) is 10.9 Å². The normalized spacial score (nSPS) is 11.0. The molecule has 0 spiro atoms. The van der Waals surface area contributed by atoms with E-state index >= 15 is 0 Å². The Morgan fingerprint density at radius 1 is 1.00 bits per heavy atom. The number of H-pyrrole nitrogens is 1. The topological polar surface area (TPSA) is 58.9 Å². The van der Waals surface area contributed by atoms with Gasteiger partial charge < -0.3 is 10.7 Å². The molecule has 1 heterocycles. The third-order valence-corrected chi connectivity index (χ3v) is 2.78. The minimum atomic E-state index is -0.234. The van der Waals surface area contributed by atoms with Crippen LogP contribution in [-0.2, 0) is 0 Å². The molecule has 78 valence electrons. The van der Waals surface area contributed by atoms with Crippen molar-refractivity contribution in [1.29, 1.82) is 0 Å². The van der Waals surface area contributed by atoms with E-state index in [1.807, 2.05) is 36.4 Å². The molecule has 0 saturated carbocycles. The number of anilines is 1. The van der Waals surface area contributed by atoms with Gasteiger partial charge in [-0.15, -0.1) is 0 Å². The van der Waals surface area contributed by atoms with Gasteiger partial charge in [0.25, 0.3) is 5.56 Å². The van der Waals surface area contributed by atoms with Gasteiger partial charge in [0.05, 0.1) is 5.69 Å². The van der Waals surface area contributed by atoms with Crippen molar-refractivity contribution in [2.45, 2.75) is 0 Å². The van der Waals surface area contributed by atoms with Gasteiger partial charge in [0.15, 0.2) is 0 Å². The highest BCUT2D eigenvalue weighted by Crippen LogP contribution is 2.23. The zero-order chi connectivity index (χ0) is 11.1. The summed E-state index contributed by atoms with van der Waals surface area (Å²) < 4.78 is 0. The van der Waals surface area contributed by atoms with Crippen LogP contribution in [0.15, 0.2) is 47.3 Å². The van der Waals surface area contributed by atoms with Crippen LogP contribution in [0, 0.1) is 0 Å². The zero-order valence-corrected chi connectivity index (χ0v) is 8.53. The standard InChI is InChI=1S/C13H10N2O/c14-11-7-10-9-4-2-1-3-8(9)5-6-12(10)15-13(11)16/h1-7H,14H2,(H,15,16). The maximum absolute atomic E-state index is 11.4. The molecule has 3 rings (SSSR count). The van der Waals surface area contributed by atoms with E-state index in [-0.39, 0.29) is 11.2 Å². The summed E-state index contributed by atoms with van der Waals surface area (Å²) in [5.74, 6) is 0. The molecule has 0 radical (unpaired) electrons. The van der Waals surface area contributed by atoms with Crippen LogP contribution in [0.2, 0.25) is 0 Å². The summed E-state index contributed by atoms with van der Waals surface area (Å²) in [6.07, 6.45) is 0. The SMILES string of the molecule is Nc1cc2c(ccc3ccccc32)[nH]c1=O. The average Bonchev–Trinajstić information content (AvgIpc) is 2.31. The Balaban J connectivity index is 2.60. The Labute approximate surface area is 91.5 Å². The highest BCUT2D eigenvalue weighted by molar-refractivity contribution is 6.06. The fraction of sp³-hybridized carbons (Fsp3) is 0. The van der Waals surface area contributed by atoms with E-state index in [1.54, 1.807) is 6.07 Å². The smallest absolute Gasteiger partial charge is 0.271 e. The van der Waals surface area contributed by atoms with Crippen LogP contribution in [0.25, 0.3) is 21.7 Å². The molecular weight excluding hydrogens is 200 g/mol. The molecule has 0 amide bonds. The lowest BCUT2D eigenvalue weighted by atomic mass is 10.1. The number of nitrogens with one attached hydrogen (secondary N) is 1. The van der Waals surface area contributed by atoms with Crippen molar-refractivity contribution >= 4 is 27.4 Å². The van der Waals surface area contributed by atoms with Crippen LogP contribution < -0.4 is 11.3 Å². The Morgan fingerprint density at radius 2 is 1.81 bits per heavy atom. The van der Waals surface area contributed by atoms with Gasteiger partial charge in [-0.1, -0.05) is 30.3 Å². The summed E-state index contributed by atoms with van der Waals surface area (Å²) in [5.41, 5.74) is 6.47. The third-order valence-electron chi connectivity index (χ3n) is 2.78. The van der Waals surface area contributed by atoms with E-state index in [0.717, 1.165) is 21.7 Å². The second-order valence-electron chi connectivity index (χ2n) is 3.80. The van der Waals surface area contributed by atoms with Crippen LogP contribution in [0.5, 0.6) is 0 Å². The first-order chi connectivity index (χ1) is 7.75. The lowest BCUT2D eigenvalue weighted by Gasteiger charge is -2.04. The number of nitrogen functional groups attached to an aromatic ring is 1. The lowest BCUT2D eigenvalue weighted by Crippen LogP contribution is -2.10. The molecule has 3 aromatic rings. The van der Waals surface area contributed by atoms with Crippen molar-refractivity contribution < 1.29 is 0 Å². The molecule has 3 N–H and O–H groups in total. The average molecular weight is 210 g/mol. The summed E-state index contributed by atoms with van der Waals surface area (Å²) in [5, 5.41) is 3.22. The van der Waals surface area contributed by atoms with Crippen LogP contribution in [0.1, 0.15) is 0 Å². The molecule has 3 nitrogen and oxygen atoms in total. The van der Waals surface area contributed by atoms with E-state index in [2.05, 4.69) is 4.98 Å².